The lowest BCUT2D eigenvalue weighted by molar-refractivity contribution is 0.171. The summed E-state index contributed by atoms with van der Waals surface area (Å²) in [4.78, 5) is 2.58. The molecule has 0 spiro atoms. The Hall–Kier alpha value is -0.0800. The maximum atomic E-state index is 6.24. The fourth-order valence-corrected chi connectivity index (χ4v) is 2.62. The minimum atomic E-state index is 0.420. The smallest absolute Gasteiger partial charge is 0.0247 e. The lowest BCUT2D eigenvalue weighted by Gasteiger charge is -2.33. The van der Waals surface area contributed by atoms with E-state index in [1.54, 1.807) is 0 Å². The molecule has 0 saturated heterocycles. The predicted molar refractivity (Wildman–Crippen MR) is 62.4 cm³/mol. The van der Waals surface area contributed by atoms with Crippen molar-refractivity contribution in [3.63, 3.8) is 0 Å². The summed E-state index contributed by atoms with van der Waals surface area (Å²) in [6, 6.07) is 1.08. The molecule has 2 atom stereocenters. The van der Waals surface area contributed by atoms with Crippen molar-refractivity contribution in [2.75, 3.05) is 13.1 Å². The van der Waals surface area contributed by atoms with Crippen LogP contribution >= 0.6 is 0 Å². The zero-order chi connectivity index (χ0) is 10.4. The molecule has 0 aromatic heterocycles. The van der Waals surface area contributed by atoms with Crippen molar-refractivity contribution in [2.45, 2.75) is 64.5 Å². The van der Waals surface area contributed by atoms with E-state index in [1.165, 1.54) is 45.1 Å². The maximum Gasteiger partial charge on any atom is 0.0247 e. The summed E-state index contributed by atoms with van der Waals surface area (Å²) < 4.78 is 0. The first-order valence-corrected chi connectivity index (χ1v) is 6.29. The van der Waals surface area contributed by atoms with Crippen LogP contribution in [0.15, 0.2) is 0 Å². The quantitative estimate of drug-likeness (QED) is 0.703. The average Bonchev–Trinajstić information content (AvgIpc) is 2.40. The van der Waals surface area contributed by atoms with E-state index >= 15 is 0 Å². The van der Waals surface area contributed by atoms with Crippen molar-refractivity contribution in [3.8, 4) is 0 Å². The molecule has 0 heterocycles. The minimum Gasteiger partial charge on any atom is -0.326 e. The summed E-state index contributed by atoms with van der Waals surface area (Å²) >= 11 is 0. The summed E-state index contributed by atoms with van der Waals surface area (Å²) in [5.74, 6) is 0. The number of hydrogen-bond donors (Lipinski definition) is 1. The third-order valence-electron chi connectivity index (χ3n) is 3.42. The van der Waals surface area contributed by atoms with Crippen molar-refractivity contribution in [1.29, 1.82) is 0 Å². The largest absolute Gasteiger partial charge is 0.326 e. The van der Waals surface area contributed by atoms with Crippen LogP contribution < -0.4 is 5.73 Å². The van der Waals surface area contributed by atoms with Gasteiger partial charge in [0.1, 0.15) is 0 Å². The van der Waals surface area contributed by atoms with E-state index in [-0.39, 0.29) is 0 Å². The zero-order valence-corrected chi connectivity index (χ0v) is 9.84. The highest BCUT2D eigenvalue weighted by Gasteiger charge is 2.24. The van der Waals surface area contributed by atoms with E-state index in [2.05, 4.69) is 18.7 Å². The zero-order valence-electron chi connectivity index (χ0n) is 9.84. The van der Waals surface area contributed by atoms with Crippen molar-refractivity contribution >= 4 is 0 Å². The van der Waals surface area contributed by atoms with Gasteiger partial charge >= 0.3 is 0 Å². The molecule has 0 bridgehead atoms. The second kappa shape index (κ2) is 6.41. The third kappa shape index (κ3) is 3.25. The normalized spacial score (nSPS) is 29.1. The van der Waals surface area contributed by atoms with Crippen LogP contribution in [0.3, 0.4) is 0 Å². The molecule has 2 N–H and O–H groups in total. The highest BCUT2D eigenvalue weighted by Crippen LogP contribution is 2.21. The molecule has 0 aromatic carbocycles. The Morgan fingerprint density at radius 1 is 1.14 bits per heavy atom. The summed E-state index contributed by atoms with van der Waals surface area (Å²) in [6.45, 7) is 6.89. The van der Waals surface area contributed by atoms with Crippen LogP contribution in [0.4, 0.5) is 0 Å². The van der Waals surface area contributed by atoms with E-state index in [1.807, 2.05) is 0 Å². The van der Waals surface area contributed by atoms with Crippen LogP contribution in [0.1, 0.15) is 52.4 Å². The Balaban J connectivity index is 2.51. The van der Waals surface area contributed by atoms with Gasteiger partial charge in [0.15, 0.2) is 0 Å². The number of hydrogen-bond acceptors (Lipinski definition) is 2. The first kappa shape index (κ1) is 12.0. The van der Waals surface area contributed by atoms with Gasteiger partial charge in [-0.2, -0.15) is 0 Å². The van der Waals surface area contributed by atoms with Gasteiger partial charge in [0.2, 0.25) is 0 Å². The van der Waals surface area contributed by atoms with Crippen LogP contribution in [-0.4, -0.2) is 30.1 Å². The fraction of sp³-hybridized carbons (Fsp3) is 1.00. The molecule has 0 amide bonds. The molecule has 1 fully saturated rings. The van der Waals surface area contributed by atoms with E-state index in [0.29, 0.717) is 12.1 Å². The summed E-state index contributed by atoms with van der Waals surface area (Å²) in [5.41, 5.74) is 6.24. The number of likely N-dealkylation sites (N-methyl/N-ethyl adjacent to an activating group) is 1. The predicted octanol–water partition coefficient (Wildman–Crippen LogP) is 2.38. The van der Waals surface area contributed by atoms with Gasteiger partial charge in [0, 0.05) is 12.1 Å². The molecule has 14 heavy (non-hydrogen) atoms. The van der Waals surface area contributed by atoms with Crippen molar-refractivity contribution in [3.05, 3.63) is 0 Å². The minimum absolute atomic E-state index is 0.420. The van der Waals surface area contributed by atoms with E-state index in [4.69, 9.17) is 5.73 Å². The summed E-state index contributed by atoms with van der Waals surface area (Å²) in [6.07, 6.45) is 7.88. The number of rotatable bonds is 4. The van der Waals surface area contributed by atoms with Gasteiger partial charge < -0.3 is 5.73 Å². The standard InChI is InChI=1S/C12H26N2/c1-3-10-14(4-2)12-9-7-5-6-8-11(12)13/h11-12H,3-10,13H2,1-2H3. The van der Waals surface area contributed by atoms with Gasteiger partial charge in [0.05, 0.1) is 0 Å². The molecule has 2 unspecified atom stereocenters. The van der Waals surface area contributed by atoms with Gasteiger partial charge in [-0.3, -0.25) is 4.90 Å². The van der Waals surface area contributed by atoms with Crippen molar-refractivity contribution < 1.29 is 0 Å². The monoisotopic (exact) mass is 198 g/mol. The molecule has 0 aromatic rings. The lowest BCUT2D eigenvalue weighted by atomic mass is 10.0. The molecule has 0 aliphatic heterocycles. The van der Waals surface area contributed by atoms with Crippen molar-refractivity contribution in [1.82, 2.24) is 4.90 Å². The molecule has 1 saturated carbocycles. The Morgan fingerprint density at radius 3 is 2.50 bits per heavy atom. The Kier molecular flexibility index (Phi) is 5.49. The van der Waals surface area contributed by atoms with E-state index in [9.17, 15) is 0 Å². The molecule has 2 nitrogen and oxygen atoms in total. The van der Waals surface area contributed by atoms with Crippen LogP contribution in [0.5, 0.6) is 0 Å². The van der Waals surface area contributed by atoms with Gasteiger partial charge in [-0.1, -0.05) is 33.1 Å². The van der Waals surface area contributed by atoms with Crippen LogP contribution in [0.25, 0.3) is 0 Å². The average molecular weight is 198 g/mol. The van der Waals surface area contributed by atoms with Gasteiger partial charge in [-0.15, -0.1) is 0 Å². The Bertz CT molecular complexity index is 147. The molecular formula is C12H26N2. The highest BCUT2D eigenvalue weighted by atomic mass is 15.2. The topological polar surface area (TPSA) is 29.3 Å². The molecular weight excluding hydrogens is 172 g/mol. The van der Waals surface area contributed by atoms with Gasteiger partial charge in [-0.25, -0.2) is 0 Å². The second-order valence-corrected chi connectivity index (χ2v) is 4.50. The molecule has 84 valence electrons. The fourth-order valence-electron chi connectivity index (χ4n) is 2.62. The van der Waals surface area contributed by atoms with Crippen LogP contribution in [-0.2, 0) is 0 Å². The van der Waals surface area contributed by atoms with E-state index in [0.717, 1.165) is 6.54 Å². The Labute approximate surface area is 88.8 Å². The first-order valence-electron chi connectivity index (χ1n) is 6.29. The third-order valence-corrected chi connectivity index (χ3v) is 3.42. The first-order chi connectivity index (χ1) is 6.79. The summed E-state index contributed by atoms with van der Waals surface area (Å²) in [7, 11) is 0. The van der Waals surface area contributed by atoms with Crippen LogP contribution in [0.2, 0.25) is 0 Å². The SMILES string of the molecule is CCCN(CC)C1CCCCCC1N. The molecule has 2 heteroatoms. The maximum absolute atomic E-state index is 6.24. The molecule has 1 aliphatic rings. The van der Waals surface area contributed by atoms with Crippen molar-refractivity contribution in [2.24, 2.45) is 5.73 Å². The van der Waals surface area contributed by atoms with Crippen LogP contribution in [0, 0.1) is 0 Å². The molecule has 0 radical (unpaired) electrons. The molecule has 1 rings (SSSR count). The van der Waals surface area contributed by atoms with E-state index < -0.39 is 0 Å². The van der Waals surface area contributed by atoms with Gasteiger partial charge in [0.25, 0.3) is 0 Å². The lowest BCUT2D eigenvalue weighted by Crippen LogP contribution is -2.47. The highest BCUT2D eigenvalue weighted by molar-refractivity contribution is 4.83. The second-order valence-electron chi connectivity index (χ2n) is 4.50. The molecule has 1 aliphatic carbocycles. The number of nitrogens with two attached hydrogens (primary N) is 1. The number of nitrogens with zero attached hydrogens (tertiary/aromatic N) is 1. The Morgan fingerprint density at radius 2 is 1.86 bits per heavy atom. The summed E-state index contributed by atoms with van der Waals surface area (Å²) in [5, 5.41) is 0. The van der Waals surface area contributed by atoms with Gasteiger partial charge in [-0.05, 0) is 32.4 Å².